The first-order valence-corrected chi connectivity index (χ1v) is 16.2. The molecule has 49 heavy (non-hydrogen) atoms. The van der Waals surface area contributed by atoms with E-state index in [1.807, 2.05) is 44.4 Å². The first kappa shape index (κ1) is 35.3. The molecule has 3 aromatic rings. The van der Waals surface area contributed by atoms with Crippen LogP contribution in [0.25, 0.3) is 5.69 Å². The van der Waals surface area contributed by atoms with Crippen molar-refractivity contribution in [1.82, 2.24) is 24.9 Å². The number of nitrogens with zero attached hydrogens (tertiary/aromatic N) is 6. The van der Waals surface area contributed by atoms with E-state index in [1.165, 1.54) is 23.1 Å². The van der Waals surface area contributed by atoms with Gasteiger partial charge < -0.3 is 15.1 Å². The summed E-state index contributed by atoms with van der Waals surface area (Å²) in [6.45, 7) is 3.40. The average Bonchev–Trinajstić information content (AvgIpc) is 3.45. The summed E-state index contributed by atoms with van der Waals surface area (Å²) >= 11 is 0. The van der Waals surface area contributed by atoms with Gasteiger partial charge >= 0.3 is 6.18 Å². The standard InChI is InChI=1S/C36H39F4N7O2/c1-4-46-34-31(29(43-47(34)28-13-6-5-7-14-28)22-45(23-41)20-9-8-19-44(2)3)30(24-15-17-27(37)18-16-24)32(35(46)49)42-33(48)25-11-10-12-26(21-25)36(38,39)40/h5-7,10-15,17-18,21,24,30,32H,4,8-9,16,19-20,22H2,1-3H3,(H,42,48)/t24?,30-,32+/m0/s1. The van der Waals surface area contributed by atoms with Gasteiger partial charge in [-0.25, -0.2) is 9.07 Å². The number of para-hydroxylation sites is 1. The summed E-state index contributed by atoms with van der Waals surface area (Å²) in [6, 6.07) is 12.0. The van der Waals surface area contributed by atoms with Gasteiger partial charge in [-0.05, 0) is 95.2 Å². The number of rotatable bonds is 12. The fourth-order valence-electron chi connectivity index (χ4n) is 6.46. The van der Waals surface area contributed by atoms with Gasteiger partial charge in [0.05, 0.1) is 23.5 Å². The minimum Gasteiger partial charge on any atom is -0.340 e. The molecule has 0 fully saturated rings. The van der Waals surface area contributed by atoms with Crippen LogP contribution in [0, 0.1) is 17.4 Å². The maximum atomic E-state index is 14.4. The Labute approximate surface area is 283 Å². The van der Waals surface area contributed by atoms with Crippen molar-refractivity contribution in [2.24, 2.45) is 5.92 Å². The fraction of sp³-hybridized carbons (Fsp3) is 0.389. The van der Waals surface area contributed by atoms with E-state index in [9.17, 15) is 32.4 Å². The Morgan fingerprint density at radius 3 is 2.47 bits per heavy atom. The van der Waals surface area contributed by atoms with E-state index in [2.05, 4.69) is 16.4 Å². The van der Waals surface area contributed by atoms with E-state index in [1.54, 1.807) is 22.6 Å². The number of alkyl halides is 3. The van der Waals surface area contributed by atoms with Crippen LogP contribution in [-0.2, 0) is 17.5 Å². The van der Waals surface area contributed by atoms with Gasteiger partial charge in [0, 0.05) is 30.1 Å². The number of fused-ring (bicyclic) bond motifs is 1. The monoisotopic (exact) mass is 677 g/mol. The molecule has 2 heterocycles. The first-order valence-electron chi connectivity index (χ1n) is 16.2. The van der Waals surface area contributed by atoms with E-state index in [-0.39, 0.29) is 25.1 Å². The highest BCUT2D eigenvalue weighted by Crippen LogP contribution is 2.46. The van der Waals surface area contributed by atoms with Gasteiger partial charge in [-0.3, -0.25) is 14.5 Å². The molecule has 1 N–H and O–H groups in total. The molecule has 3 atom stereocenters. The Bertz CT molecular complexity index is 1760. The Hall–Kier alpha value is -4.96. The lowest BCUT2D eigenvalue weighted by Gasteiger charge is -2.41. The topological polar surface area (TPSA) is 97.5 Å². The molecule has 258 valence electrons. The van der Waals surface area contributed by atoms with Gasteiger partial charge in [0.25, 0.3) is 11.8 Å². The van der Waals surface area contributed by atoms with Crippen LogP contribution >= 0.6 is 0 Å². The maximum Gasteiger partial charge on any atom is 0.416 e. The van der Waals surface area contributed by atoms with Crippen LogP contribution in [0.3, 0.4) is 0 Å². The summed E-state index contributed by atoms with van der Waals surface area (Å²) in [7, 11) is 3.96. The molecule has 5 rings (SSSR count). The lowest BCUT2D eigenvalue weighted by molar-refractivity contribution is -0.137. The number of benzene rings is 2. The quantitative estimate of drug-likeness (QED) is 0.106. The highest BCUT2D eigenvalue weighted by molar-refractivity contribution is 6.05. The average molecular weight is 678 g/mol. The normalized spacial score (nSPS) is 19.0. The molecular weight excluding hydrogens is 638 g/mol. The number of hydrogen-bond donors (Lipinski definition) is 1. The molecule has 2 amide bonds. The summed E-state index contributed by atoms with van der Waals surface area (Å²) in [4.78, 5) is 33.3. The zero-order chi connectivity index (χ0) is 35.3. The first-order chi connectivity index (χ1) is 23.4. The smallest absolute Gasteiger partial charge is 0.340 e. The highest BCUT2D eigenvalue weighted by atomic mass is 19.4. The Morgan fingerprint density at radius 2 is 1.84 bits per heavy atom. The Morgan fingerprint density at radius 1 is 1.10 bits per heavy atom. The number of likely N-dealkylation sites (N-methyl/N-ethyl adjacent to an activating group) is 1. The second-order valence-electron chi connectivity index (χ2n) is 12.4. The predicted molar refractivity (Wildman–Crippen MR) is 177 cm³/mol. The molecule has 0 spiro atoms. The van der Waals surface area contributed by atoms with Crippen LogP contribution in [0.2, 0.25) is 0 Å². The lowest BCUT2D eigenvalue weighted by atomic mass is 9.74. The number of allylic oxidation sites excluding steroid dienone is 4. The molecular formula is C36H39F4N7O2. The van der Waals surface area contributed by atoms with E-state index >= 15 is 0 Å². The van der Waals surface area contributed by atoms with Crippen molar-refractivity contribution in [2.75, 3.05) is 38.6 Å². The van der Waals surface area contributed by atoms with E-state index in [0.29, 0.717) is 29.3 Å². The molecule has 13 heteroatoms. The number of anilines is 1. The third kappa shape index (κ3) is 7.86. The second kappa shape index (κ2) is 15.1. The largest absolute Gasteiger partial charge is 0.416 e. The third-order valence-electron chi connectivity index (χ3n) is 8.82. The number of hydrogen-bond acceptors (Lipinski definition) is 6. The van der Waals surface area contributed by atoms with Crippen molar-refractivity contribution in [2.45, 2.75) is 50.9 Å². The van der Waals surface area contributed by atoms with Gasteiger partial charge in [0.1, 0.15) is 17.7 Å². The summed E-state index contributed by atoms with van der Waals surface area (Å²) in [5.74, 6) is -2.58. The van der Waals surface area contributed by atoms with Gasteiger partial charge in [-0.2, -0.15) is 23.5 Å². The van der Waals surface area contributed by atoms with E-state index in [0.717, 1.165) is 37.6 Å². The van der Waals surface area contributed by atoms with Gasteiger partial charge in [0.2, 0.25) is 0 Å². The maximum absolute atomic E-state index is 14.4. The summed E-state index contributed by atoms with van der Waals surface area (Å²) in [6.07, 6.45) is 3.78. The second-order valence-corrected chi connectivity index (χ2v) is 12.4. The number of halogens is 4. The fourth-order valence-corrected chi connectivity index (χ4v) is 6.46. The Balaban J connectivity index is 1.63. The number of aromatic nitrogens is 2. The SMILES string of the molecule is CCN1C(=O)[C@H](NC(=O)c2cccc(C(F)(F)F)c2)[C@@H](C2C=CC(F)=CC2)c2c(CN(C#N)CCCCN(C)C)nn(-c3ccccc3)c21. The zero-order valence-corrected chi connectivity index (χ0v) is 27.6. The summed E-state index contributed by atoms with van der Waals surface area (Å²) < 4.78 is 56.5. The van der Waals surface area contributed by atoms with Crippen molar-refractivity contribution >= 4 is 17.6 Å². The molecule has 9 nitrogen and oxygen atoms in total. The molecule has 1 aliphatic heterocycles. The predicted octanol–water partition coefficient (Wildman–Crippen LogP) is 6.19. The molecule has 2 aromatic carbocycles. The summed E-state index contributed by atoms with van der Waals surface area (Å²) in [5, 5.41) is 17.9. The molecule has 0 radical (unpaired) electrons. The van der Waals surface area contributed by atoms with Gasteiger partial charge in [0.15, 0.2) is 6.19 Å². The van der Waals surface area contributed by atoms with Crippen molar-refractivity contribution in [3.8, 4) is 11.9 Å². The minimum absolute atomic E-state index is 0.109. The lowest BCUT2D eigenvalue weighted by Crippen LogP contribution is -2.56. The molecule has 1 unspecified atom stereocenters. The van der Waals surface area contributed by atoms with Crippen LogP contribution in [0.4, 0.5) is 23.4 Å². The molecule has 1 aliphatic carbocycles. The number of amides is 2. The molecule has 0 saturated carbocycles. The van der Waals surface area contributed by atoms with Crippen LogP contribution in [0.15, 0.2) is 78.7 Å². The van der Waals surface area contributed by atoms with Crippen molar-refractivity contribution in [1.29, 1.82) is 5.26 Å². The molecule has 0 bridgehead atoms. The van der Waals surface area contributed by atoms with E-state index in [4.69, 9.17) is 5.10 Å². The van der Waals surface area contributed by atoms with E-state index < -0.39 is 47.3 Å². The van der Waals surface area contributed by atoms with Crippen LogP contribution in [0.5, 0.6) is 0 Å². The van der Waals surface area contributed by atoms with Crippen LogP contribution in [-0.4, -0.2) is 71.2 Å². The highest BCUT2D eigenvalue weighted by Gasteiger charge is 2.48. The van der Waals surface area contributed by atoms with Crippen molar-refractivity contribution in [3.63, 3.8) is 0 Å². The number of nitriles is 1. The van der Waals surface area contributed by atoms with Crippen molar-refractivity contribution in [3.05, 3.63) is 101 Å². The number of carbonyl (C=O) groups excluding carboxylic acids is 2. The number of carbonyl (C=O) groups is 2. The summed E-state index contributed by atoms with van der Waals surface area (Å²) in [5.41, 5.74) is 0.535. The zero-order valence-electron chi connectivity index (χ0n) is 27.6. The third-order valence-corrected chi connectivity index (χ3v) is 8.82. The molecule has 0 saturated heterocycles. The number of nitrogens with one attached hydrogen (secondary N) is 1. The van der Waals surface area contributed by atoms with Crippen LogP contribution in [0.1, 0.15) is 59.3 Å². The molecule has 1 aromatic heterocycles. The Kier molecular flexibility index (Phi) is 10.9. The molecule has 2 aliphatic rings. The van der Waals surface area contributed by atoms with Gasteiger partial charge in [-0.1, -0.05) is 30.3 Å². The van der Waals surface area contributed by atoms with Crippen molar-refractivity contribution < 1.29 is 27.2 Å². The minimum atomic E-state index is -4.67. The van der Waals surface area contributed by atoms with Gasteiger partial charge in [-0.15, -0.1) is 0 Å². The van der Waals surface area contributed by atoms with Crippen LogP contribution < -0.4 is 10.2 Å². The number of unbranched alkanes of at least 4 members (excludes halogenated alkanes) is 1.